The molecule has 1 heteroatoms. The average molecular weight is 127 g/mol. The highest BCUT2D eigenvalue weighted by Crippen LogP contribution is 2.53. The lowest BCUT2D eigenvalue weighted by molar-refractivity contribution is 0.469. The van der Waals surface area contributed by atoms with Crippen LogP contribution in [0.5, 0.6) is 0 Å². The predicted molar refractivity (Wildman–Crippen MR) is 40.2 cm³/mol. The van der Waals surface area contributed by atoms with Gasteiger partial charge >= 0.3 is 0 Å². The summed E-state index contributed by atoms with van der Waals surface area (Å²) in [6.07, 6.45) is 2.47. The molecular weight excluding hydrogens is 110 g/mol. The Morgan fingerprint density at radius 2 is 2.11 bits per heavy atom. The summed E-state index contributed by atoms with van der Waals surface area (Å²) in [6, 6.07) is 0.458. The average Bonchev–Trinajstić information content (AvgIpc) is 2.38. The van der Waals surface area contributed by atoms with Crippen LogP contribution in [-0.2, 0) is 0 Å². The van der Waals surface area contributed by atoms with Crippen LogP contribution in [0, 0.1) is 11.3 Å². The van der Waals surface area contributed by atoms with Crippen LogP contribution < -0.4 is 5.73 Å². The third-order valence-corrected chi connectivity index (χ3v) is 2.58. The highest BCUT2D eigenvalue weighted by Gasteiger charge is 2.48. The first-order valence-electron chi connectivity index (χ1n) is 3.83. The molecule has 0 bridgehead atoms. The maximum atomic E-state index is 5.85. The monoisotopic (exact) mass is 127 g/mol. The third kappa shape index (κ3) is 1.26. The van der Waals surface area contributed by atoms with Crippen LogP contribution in [0.15, 0.2) is 0 Å². The second-order valence-electron chi connectivity index (χ2n) is 3.87. The molecule has 0 aromatic heterocycles. The molecule has 54 valence electrons. The maximum absolute atomic E-state index is 5.85. The molecule has 0 aliphatic heterocycles. The molecule has 0 saturated heterocycles. The van der Waals surface area contributed by atoms with E-state index in [9.17, 15) is 0 Å². The van der Waals surface area contributed by atoms with E-state index in [1.807, 2.05) is 0 Å². The molecule has 0 aromatic rings. The number of hydrogen-bond donors (Lipinski definition) is 1. The lowest BCUT2D eigenvalue weighted by Gasteiger charge is -2.09. The number of rotatable bonds is 2. The Hall–Kier alpha value is -0.0400. The van der Waals surface area contributed by atoms with E-state index in [-0.39, 0.29) is 0 Å². The summed E-state index contributed by atoms with van der Waals surface area (Å²) in [7, 11) is 0. The Morgan fingerprint density at radius 1 is 1.67 bits per heavy atom. The topological polar surface area (TPSA) is 26.0 Å². The molecule has 1 aliphatic carbocycles. The van der Waals surface area contributed by atoms with E-state index in [1.54, 1.807) is 0 Å². The molecule has 0 spiro atoms. The van der Waals surface area contributed by atoms with Crippen molar-refractivity contribution in [2.24, 2.45) is 17.1 Å². The van der Waals surface area contributed by atoms with Crippen molar-refractivity contribution in [3.05, 3.63) is 0 Å². The van der Waals surface area contributed by atoms with Gasteiger partial charge in [-0.15, -0.1) is 0 Å². The fraction of sp³-hybridized carbons (Fsp3) is 1.00. The van der Waals surface area contributed by atoms with E-state index >= 15 is 0 Å². The van der Waals surface area contributed by atoms with Gasteiger partial charge in [0.05, 0.1) is 0 Å². The highest BCUT2D eigenvalue weighted by atomic mass is 14.7. The van der Waals surface area contributed by atoms with Crippen molar-refractivity contribution in [3.8, 4) is 0 Å². The van der Waals surface area contributed by atoms with Crippen LogP contribution >= 0.6 is 0 Å². The molecular formula is C8H17N. The summed E-state index contributed by atoms with van der Waals surface area (Å²) in [5.74, 6) is 0.808. The summed E-state index contributed by atoms with van der Waals surface area (Å²) >= 11 is 0. The van der Waals surface area contributed by atoms with E-state index < -0.39 is 0 Å². The molecule has 0 aromatic carbocycles. The van der Waals surface area contributed by atoms with Crippen LogP contribution in [0.25, 0.3) is 0 Å². The summed E-state index contributed by atoms with van der Waals surface area (Å²) in [4.78, 5) is 0. The molecule has 1 aliphatic rings. The van der Waals surface area contributed by atoms with E-state index in [0.29, 0.717) is 11.5 Å². The molecule has 0 heterocycles. The molecule has 0 amide bonds. The van der Waals surface area contributed by atoms with Crippen LogP contribution in [0.4, 0.5) is 0 Å². The molecule has 1 saturated carbocycles. The van der Waals surface area contributed by atoms with Crippen molar-refractivity contribution < 1.29 is 0 Å². The Bertz CT molecular complexity index is 107. The minimum absolute atomic E-state index is 0.458. The molecule has 9 heavy (non-hydrogen) atoms. The van der Waals surface area contributed by atoms with Crippen LogP contribution in [0.1, 0.15) is 33.6 Å². The first kappa shape index (κ1) is 7.07. The highest BCUT2D eigenvalue weighted by molar-refractivity contribution is 5.00. The Labute approximate surface area is 57.6 Å². The van der Waals surface area contributed by atoms with Crippen LogP contribution in [0.2, 0.25) is 0 Å². The fourth-order valence-corrected chi connectivity index (χ4v) is 1.52. The van der Waals surface area contributed by atoms with Crippen molar-refractivity contribution in [3.63, 3.8) is 0 Å². The van der Waals surface area contributed by atoms with Gasteiger partial charge in [0.1, 0.15) is 0 Å². The number of hydrogen-bond acceptors (Lipinski definition) is 1. The molecule has 1 rings (SSSR count). The number of nitrogens with two attached hydrogens (primary N) is 1. The van der Waals surface area contributed by atoms with E-state index in [1.165, 1.54) is 6.42 Å². The van der Waals surface area contributed by atoms with E-state index in [0.717, 1.165) is 12.3 Å². The van der Waals surface area contributed by atoms with Gasteiger partial charge in [-0.25, -0.2) is 0 Å². The van der Waals surface area contributed by atoms with Crippen molar-refractivity contribution in [2.45, 2.75) is 39.7 Å². The van der Waals surface area contributed by atoms with E-state index in [2.05, 4.69) is 20.8 Å². The molecule has 0 unspecified atom stereocenters. The smallest absolute Gasteiger partial charge is 0.00698 e. The molecule has 2 N–H and O–H groups in total. The van der Waals surface area contributed by atoms with Crippen LogP contribution in [0.3, 0.4) is 0 Å². The van der Waals surface area contributed by atoms with Crippen molar-refractivity contribution in [2.75, 3.05) is 0 Å². The van der Waals surface area contributed by atoms with Crippen molar-refractivity contribution in [1.82, 2.24) is 0 Å². The van der Waals surface area contributed by atoms with Gasteiger partial charge in [-0.3, -0.25) is 0 Å². The summed E-state index contributed by atoms with van der Waals surface area (Å²) in [6.45, 7) is 6.76. The largest absolute Gasteiger partial charge is 0.327 e. The maximum Gasteiger partial charge on any atom is 0.00698 e. The fourth-order valence-electron chi connectivity index (χ4n) is 1.52. The van der Waals surface area contributed by atoms with Gasteiger partial charge in [-0.05, 0) is 24.2 Å². The minimum atomic E-state index is 0.458. The second-order valence-corrected chi connectivity index (χ2v) is 3.87. The van der Waals surface area contributed by atoms with Gasteiger partial charge in [0.25, 0.3) is 0 Å². The zero-order valence-electron chi connectivity index (χ0n) is 6.65. The van der Waals surface area contributed by atoms with Crippen molar-refractivity contribution >= 4 is 0 Å². The summed E-state index contributed by atoms with van der Waals surface area (Å²) in [5, 5.41) is 0. The predicted octanol–water partition coefficient (Wildman–Crippen LogP) is 1.77. The standard InChI is InChI=1S/C8H17N/c1-4-7(9)6-5-8(6,2)3/h6-7H,4-5,9H2,1-3H3/t6-,7+/m1/s1. The Balaban J connectivity index is 2.33. The van der Waals surface area contributed by atoms with Gasteiger partial charge in [0.2, 0.25) is 0 Å². The molecule has 0 radical (unpaired) electrons. The van der Waals surface area contributed by atoms with Gasteiger partial charge in [-0.1, -0.05) is 20.8 Å². The summed E-state index contributed by atoms with van der Waals surface area (Å²) in [5.41, 5.74) is 6.42. The zero-order valence-corrected chi connectivity index (χ0v) is 6.65. The Kier molecular flexibility index (Phi) is 1.55. The molecule has 1 fully saturated rings. The lowest BCUT2D eigenvalue weighted by Crippen LogP contribution is -2.23. The van der Waals surface area contributed by atoms with Gasteiger partial charge in [0.15, 0.2) is 0 Å². The lowest BCUT2D eigenvalue weighted by atomic mass is 10.0. The van der Waals surface area contributed by atoms with Crippen LogP contribution in [-0.4, -0.2) is 6.04 Å². The van der Waals surface area contributed by atoms with E-state index in [4.69, 9.17) is 5.73 Å². The molecule has 1 nitrogen and oxygen atoms in total. The van der Waals surface area contributed by atoms with Gasteiger partial charge in [-0.2, -0.15) is 0 Å². The summed E-state index contributed by atoms with van der Waals surface area (Å²) < 4.78 is 0. The zero-order chi connectivity index (χ0) is 7.07. The molecule has 2 atom stereocenters. The SMILES string of the molecule is CC[C@H](N)[C@H]1CC1(C)C. The minimum Gasteiger partial charge on any atom is -0.327 e. The first-order valence-corrected chi connectivity index (χ1v) is 3.83. The second kappa shape index (κ2) is 1.98. The third-order valence-electron chi connectivity index (χ3n) is 2.58. The van der Waals surface area contributed by atoms with Crippen molar-refractivity contribution in [1.29, 1.82) is 0 Å². The van der Waals surface area contributed by atoms with Gasteiger partial charge in [0, 0.05) is 6.04 Å². The van der Waals surface area contributed by atoms with Gasteiger partial charge < -0.3 is 5.73 Å². The first-order chi connectivity index (χ1) is 4.08. The quantitative estimate of drug-likeness (QED) is 0.601. The Morgan fingerprint density at radius 3 is 2.22 bits per heavy atom. The normalized spacial score (nSPS) is 34.0.